The van der Waals surface area contributed by atoms with Gasteiger partial charge in [0.05, 0.1) is 5.92 Å². The highest BCUT2D eigenvalue weighted by molar-refractivity contribution is 5.89. The van der Waals surface area contributed by atoms with Crippen LogP contribution in [0.2, 0.25) is 0 Å². The van der Waals surface area contributed by atoms with E-state index in [0.29, 0.717) is 25.9 Å². The van der Waals surface area contributed by atoms with E-state index in [2.05, 4.69) is 5.32 Å². The van der Waals surface area contributed by atoms with Crippen LogP contribution in [0.15, 0.2) is 0 Å². The minimum Gasteiger partial charge on any atom is -0.396 e. The zero-order chi connectivity index (χ0) is 12.1. The van der Waals surface area contributed by atoms with Crippen molar-refractivity contribution in [3.05, 3.63) is 0 Å². The Morgan fingerprint density at radius 1 is 1.62 bits per heavy atom. The topological polar surface area (TPSA) is 69.6 Å². The quantitative estimate of drug-likeness (QED) is 0.637. The predicted molar refractivity (Wildman–Crippen MR) is 59.7 cm³/mol. The number of hydrogen-bond donors (Lipinski definition) is 2. The molecule has 0 aromatic heterocycles. The third kappa shape index (κ3) is 3.20. The van der Waals surface area contributed by atoms with Crippen molar-refractivity contribution in [2.24, 2.45) is 5.92 Å². The van der Waals surface area contributed by atoms with Crippen LogP contribution in [0.5, 0.6) is 0 Å². The molecule has 1 aliphatic heterocycles. The van der Waals surface area contributed by atoms with Gasteiger partial charge in [-0.1, -0.05) is 0 Å². The van der Waals surface area contributed by atoms with Crippen LogP contribution >= 0.6 is 0 Å². The molecule has 2 N–H and O–H groups in total. The van der Waals surface area contributed by atoms with Crippen molar-refractivity contribution < 1.29 is 14.7 Å². The Labute approximate surface area is 95.8 Å². The molecule has 1 atom stereocenters. The lowest BCUT2D eigenvalue weighted by molar-refractivity contribution is -0.129. The van der Waals surface area contributed by atoms with Crippen LogP contribution in [-0.2, 0) is 9.59 Å². The average Bonchev–Trinajstić information content (AvgIpc) is 2.60. The number of carbonyl (C=O) groups is 2. The van der Waals surface area contributed by atoms with Crippen LogP contribution in [0.1, 0.15) is 26.7 Å². The second kappa shape index (κ2) is 5.84. The lowest BCUT2D eigenvalue weighted by Crippen LogP contribution is -2.36. The van der Waals surface area contributed by atoms with Crippen molar-refractivity contribution in [2.45, 2.75) is 32.7 Å². The van der Waals surface area contributed by atoms with E-state index < -0.39 is 0 Å². The maximum atomic E-state index is 11.7. The number of hydrogen-bond acceptors (Lipinski definition) is 3. The van der Waals surface area contributed by atoms with Gasteiger partial charge in [-0.3, -0.25) is 9.59 Å². The summed E-state index contributed by atoms with van der Waals surface area (Å²) in [4.78, 5) is 25.0. The summed E-state index contributed by atoms with van der Waals surface area (Å²) in [6.45, 7) is 4.96. The van der Waals surface area contributed by atoms with E-state index in [9.17, 15) is 9.59 Å². The lowest BCUT2D eigenvalue weighted by Gasteiger charge is -2.20. The highest BCUT2D eigenvalue weighted by Crippen LogP contribution is 2.19. The average molecular weight is 228 g/mol. The first-order valence-electron chi connectivity index (χ1n) is 5.74. The number of amides is 2. The van der Waals surface area contributed by atoms with E-state index in [0.717, 1.165) is 0 Å². The van der Waals surface area contributed by atoms with Gasteiger partial charge in [-0.2, -0.15) is 0 Å². The van der Waals surface area contributed by atoms with Gasteiger partial charge in [0.1, 0.15) is 0 Å². The zero-order valence-corrected chi connectivity index (χ0v) is 9.90. The molecule has 0 bridgehead atoms. The number of nitrogens with zero attached hydrogens (tertiary/aromatic N) is 1. The van der Waals surface area contributed by atoms with Crippen LogP contribution < -0.4 is 5.32 Å². The monoisotopic (exact) mass is 228 g/mol. The van der Waals surface area contributed by atoms with Gasteiger partial charge in [0.2, 0.25) is 11.8 Å². The smallest absolute Gasteiger partial charge is 0.225 e. The molecule has 5 heteroatoms. The second-order valence-corrected chi connectivity index (χ2v) is 4.41. The molecule has 2 amide bonds. The van der Waals surface area contributed by atoms with Gasteiger partial charge in [0.15, 0.2) is 0 Å². The molecule has 1 saturated heterocycles. The third-order valence-electron chi connectivity index (χ3n) is 2.79. The van der Waals surface area contributed by atoms with Gasteiger partial charge in [0, 0.05) is 32.2 Å². The number of aliphatic hydroxyl groups excluding tert-OH is 1. The molecular weight excluding hydrogens is 208 g/mol. The summed E-state index contributed by atoms with van der Waals surface area (Å²) in [5.74, 6) is -0.254. The zero-order valence-electron chi connectivity index (χ0n) is 9.90. The Kier molecular flexibility index (Phi) is 4.73. The van der Waals surface area contributed by atoms with Gasteiger partial charge in [0.25, 0.3) is 0 Å². The van der Waals surface area contributed by atoms with Crippen molar-refractivity contribution in [2.75, 3.05) is 19.7 Å². The fourth-order valence-corrected chi connectivity index (χ4v) is 1.84. The molecule has 0 spiro atoms. The molecule has 0 aromatic rings. The van der Waals surface area contributed by atoms with Crippen molar-refractivity contribution >= 4 is 11.8 Å². The SMILES string of the molecule is CC(C)N1CC(C(=O)NCCCO)CC1=O. The molecule has 1 heterocycles. The van der Waals surface area contributed by atoms with Crippen molar-refractivity contribution in [1.82, 2.24) is 10.2 Å². The Morgan fingerprint density at radius 2 is 2.31 bits per heavy atom. The molecule has 0 saturated carbocycles. The third-order valence-corrected chi connectivity index (χ3v) is 2.79. The molecule has 0 aliphatic carbocycles. The molecule has 1 fully saturated rings. The molecule has 92 valence electrons. The number of rotatable bonds is 5. The summed E-state index contributed by atoms with van der Waals surface area (Å²) in [6.07, 6.45) is 0.865. The molecule has 1 unspecified atom stereocenters. The Bertz CT molecular complexity index is 266. The summed E-state index contributed by atoms with van der Waals surface area (Å²) in [6, 6.07) is 0.155. The van der Waals surface area contributed by atoms with E-state index in [1.807, 2.05) is 13.8 Å². The molecule has 16 heavy (non-hydrogen) atoms. The van der Waals surface area contributed by atoms with Crippen molar-refractivity contribution in [3.8, 4) is 0 Å². The molecule has 1 rings (SSSR count). The van der Waals surface area contributed by atoms with Crippen molar-refractivity contribution in [1.29, 1.82) is 0 Å². The molecule has 0 radical (unpaired) electrons. The summed E-state index contributed by atoms with van der Waals surface area (Å²) in [5.41, 5.74) is 0. The minimum atomic E-state index is -0.228. The highest BCUT2D eigenvalue weighted by atomic mass is 16.3. The molecular formula is C11H20N2O3. The van der Waals surface area contributed by atoms with Crippen LogP contribution in [-0.4, -0.2) is 47.6 Å². The first-order valence-corrected chi connectivity index (χ1v) is 5.74. The maximum absolute atomic E-state index is 11.7. The Morgan fingerprint density at radius 3 is 2.81 bits per heavy atom. The Hall–Kier alpha value is -1.10. The summed E-state index contributed by atoms with van der Waals surface area (Å²) >= 11 is 0. The van der Waals surface area contributed by atoms with E-state index in [1.165, 1.54) is 0 Å². The number of likely N-dealkylation sites (tertiary alicyclic amines) is 1. The summed E-state index contributed by atoms with van der Waals surface area (Å²) in [7, 11) is 0. The van der Waals surface area contributed by atoms with E-state index >= 15 is 0 Å². The van der Waals surface area contributed by atoms with Gasteiger partial charge >= 0.3 is 0 Å². The molecule has 0 aromatic carbocycles. The standard InChI is InChI=1S/C11H20N2O3/c1-8(2)13-7-9(6-10(13)15)11(16)12-4-3-5-14/h8-9,14H,3-7H2,1-2H3,(H,12,16). The largest absolute Gasteiger partial charge is 0.396 e. The van der Waals surface area contributed by atoms with E-state index in [1.54, 1.807) is 4.90 Å². The normalized spacial score (nSPS) is 20.6. The fourth-order valence-electron chi connectivity index (χ4n) is 1.84. The van der Waals surface area contributed by atoms with Crippen LogP contribution in [0.4, 0.5) is 0 Å². The van der Waals surface area contributed by atoms with Gasteiger partial charge in [-0.15, -0.1) is 0 Å². The van der Waals surface area contributed by atoms with Gasteiger partial charge < -0.3 is 15.3 Å². The number of nitrogens with one attached hydrogen (secondary N) is 1. The summed E-state index contributed by atoms with van der Waals surface area (Å²) < 4.78 is 0. The molecule has 1 aliphatic rings. The molecule has 5 nitrogen and oxygen atoms in total. The van der Waals surface area contributed by atoms with Crippen LogP contribution in [0, 0.1) is 5.92 Å². The summed E-state index contributed by atoms with van der Waals surface area (Å²) in [5, 5.41) is 11.3. The number of carbonyl (C=O) groups excluding carboxylic acids is 2. The van der Waals surface area contributed by atoms with Crippen LogP contribution in [0.25, 0.3) is 0 Å². The highest BCUT2D eigenvalue weighted by Gasteiger charge is 2.35. The first kappa shape index (κ1) is 13.0. The number of aliphatic hydroxyl groups is 1. The first-order chi connectivity index (χ1) is 7.56. The van der Waals surface area contributed by atoms with Gasteiger partial charge in [-0.25, -0.2) is 0 Å². The Balaban J connectivity index is 2.39. The lowest BCUT2D eigenvalue weighted by atomic mass is 10.1. The van der Waals surface area contributed by atoms with Crippen molar-refractivity contribution in [3.63, 3.8) is 0 Å². The van der Waals surface area contributed by atoms with E-state index in [4.69, 9.17) is 5.11 Å². The van der Waals surface area contributed by atoms with E-state index in [-0.39, 0.29) is 30.4 Å². The minimum absolute atomic E-state index is 0.0531. The second-order valence-electron chi connectivity index (χ2n) is 4.41. The predicted octanol–water partition coefficient (Wildman–Crippen LogP) is -0.258. The fraction of sp³-hybridized carbons (Fsp3) is 0.818. The van der Waals surface area contributed by atoms with Gasteiger partial charge in [-0.05, 0) is 20.3 Å². The van der Waals surface area contributed by atoms with Crippen LogP contribution in [0.3, 0.4) is 0 Å². The maximum Gasteiger partial charge on any atom is 0.225 e.